The molecule has 0 aliphatic rings. The van der Waals surface area contributed by atoms with Gasteiger partial charge in [0, 0.05) is 11.6 Å². The minimum absolute atomic E-state index is 0.163. The number of aliphatic hydroxyl groups is 1. The Hall–Kier alpha value is -2.73. The summed E-state index contributed by atoms with van der Waals surface area (Å²) in [4.78, 5) is 19.1. The average Bonchev–Trinajstić information content (AvgIpc) is 2.52. The summed E-state index contributed by atoms with van der Waals surface area (Å²) in [6.07, 6.45) is -0.583. The molecule has 0 spiro atoms. The number of H-pyrrole nitrogens is 1. The van der Waals surface area contributed by atoms with Gasteiger partial charge in [-0.15, -0.1) is 0 Å². The number of benzene rings is 2. The number of aromatic nitrogens is 2. The Morgan fingerprint density at radius 3 is 2.91 bits per heavy atom. The Bertz CT molecular complexity index is 906. The first kappa shape index (κ1) is 15.2. The molecule has 1 atom stereocenters. The van der Waals surface area contributed by atoms with Crippen LogP contribution < -0.4 is 10.3 Å². The van der Waals surface area contributed by atoms with E-state index in [-0.39, 0.29) is 12.2 Å². The van der Waals surface area contributed by atoms with E-state index >= 15 is 0 Å². The molecule has 0 bridgehead atoms. The second-order valence-corrected chi connectivity index (χ2v) is 5.26. The van der Waals surface area contributed by atoms with Gasteiger partial charge in [-0.1, -0.05) is 12.1 Å². The maximum Gasteiger partial charge on any atom is 0.259 e. The number of halogens is 1. The van der Waals surface area contributed by atoms with Gasteiger partial charge in [0.25, 0.3) is 5.56 Å². The number of ether oxygens (including phenoxy) is 1. The highest BCUT2D eigenvalue weighted by Crippen LogP contribution is 2.22. The average molecular weight is 314 g/mol. The van der Waals surface area contributed by atoms with E-state index in [0.29, 0.717) is 28.0 Å². The molecule has 0 saturated heterocycles. The fraction of sp³-hybridized carbons (Fsp3) is 0.176. The Balaban J connectivity index is 2.03. The normalized spacial score (nSPS) is 12.3. The Labute approximate surface area is 131 Å². The zero-order chi connectivity index (χ0) is 16.4. The number of fused-ring (bicyclic) bond motifs is 1. The highest BCUT2D eigenvalue weighted by atomic mass is 19.1. The summed E-state index contributed by atoms with van der Waals surface area (Å²) in [5.74, 6) is 0.427. The quantitative estimate of drug-likeness (QED) is 0.776. The van der Waals surface area contributed by atoms with Crippen LogP contribution in [-0.2, 0) is 0 Å². The van der Waals surface area contributed by atoms with Crippen molar-refractivity contribution in [2.75, 3.05) is 6.61 Å². The lowest BCUT2D eigenvalue weighted by atomic mass is 10.2. The number of rotatable bonds is 4. The van der Waals surface area contributed by atoms with E-state index in [1.54, 1.807) is 31.2 Å². The zero-order valence-corrected chi connectivity index (χ0v) is 12.4. The van der Waals surface area contributed by atoms with Crippen LogP contribution in [0.15, 0.2) is 47.3 Å². The van der Waals surface area contributed by atoms with Gasteiger partial charge in [-0.3, -0.25) is 4.79 Å². The van der Waals surface area contributed by atoms with Gasteiger partial charge in [0.05, 0.1) is 17.0 Å². The predicted molar refractivity (Wildman–Crippen MR) is 84.9 cm³/mol. The van der Waals surface area contributed by atoms with Crippen molar-refractivity contribution >= 4 is 10.9 Å². The molecule has 0 aliphatic heterocycles. The van der Waals surface area contributed by atoms with Crippen LogP contribution in [0.5, 0.6) is 5.75 Å². The van der Waals surface area contributed by atoms with Gasteiger partial charge in [-0.25, -0.2) is 9.37 Å². The Morgan fingerprint density at radius 2 is 2.13 bits per heavy atom. The number of aliphatic hydroxyl groups excluding tert-OH is 1. The smallest absolute Gasteiger partial charge is 0.259 e. The van der Waals surface area contributed by atoms with Crippen molar-refractivity contribution in [2.45, 2.75) is 13.0 Å². The first-order chi connectivity index (χ1) is 11.0. The molecule has 3 rings (SSSR count). The first-order valence-corrected chi connectivity index (χ1v) is 7.14. The second-order valence-electron chi connectivity index (χ2n) is 5.26. The second kappa shape index (κ2) is 6.18. The molecule has 0 saturated carbocycles. The standard InChI is InChI=1S/C17H15FN2O3/c1-10(21)9-23-13-4-2-3-11(7-13)16-19-15-8-12(18)5-6-14(15)17(22)20-16/h2-8,10,21H,9H2,1H3,(H,19,20,22)/t10-/m1/s1. The van der Waals surface area contributed by atoms with Gasteiger partial charge in [0.1, 0.15) is 24.0 Å². The van der Waals surface area contributed by atoms with Crippen LogP contribution in [-0.4, -0.2) is 27.8 Å². The monoisotopic (exact) mass is 314 g/mol. The van der Waals surface area contributed by atoms with E-state index in [2.05, 4.69) is 9.97 Å². The maximum atomic E-state index is 13.3. The van der Waals surface area contributed by atoms with E-state index in [0.717, 1.165) is 0 Å². The lowest BCUT2D eigenvalue weighted by Crippen LogP contribution is -2.13. The van der Waals surface area contributed by atoms with E-state index in [1.807, 2.05) is 0 Å². The van der Waals surface area contributed by atoms with Gasteiger partial charge in [-0.05, 0) is 31.2 Å². The van der Waals surface area contributed by atoms with Crippen LogP contribution in [0, 0.1) is 5.82 Å². The minimum atomic E-state index is -0.583. The molecule has 23 heavy (non-hydrogen) atoms. The van der Waals surface area contributed by atoms with Crippen LogP contribution >= 0.6 is 0 Å². The van der Waals surface area contributed by atoms with E-state index < -0.39 is 11.9 Å². The van der Waals surface area contributed by atoms with Gasteiger partial charge < -0.3 is 14.8 Å². The molecule has 0 fully saturated rings. The van der Waals surface area contributed by atoms with Crippen molar-refractivity contribution in [1.29, 1.82) is 0 Å². The summed E-state index contributed by atoms with van der Waals surface area (Å²) in [5, 5.41) is 9.59. The number of aromatic amines is 1. The van der Waals surface area contributed by atoms with Gasteiger partial charge in [-0.2, -0.15) is 0 Å². The summed E-state index contributed by atoms with van der Waals surface area (Å²) in [6, 6.07) is 10.8. The molecule has 2 N–H and O–H groups in total. The van der Waals surface area contributed by atoms with Gasteiger partial charge >= 0.3 is 0 Å². The predicted octanol–water partition coefficient (Wildman–Crippen LogP) is 2.49. The molecule has 1 aromatic heterocycles. The number of nitrogens with zero attached hydrogens (tertiary/aromatic N) is 1. The number of hydrogen-bond acceptors (Lipinski definition) is 4. The third-order valence-corrected chi connectivity index (χ3v) is 3.27. The minimum Gasteiger partial charge on any atom is -0.491 e. The fourth-order valence-electron chi connectivity index (χ4n) is 2.20. The molecule has 5 nitrogen and oxygen atoms in total. The lowest BCUT2D eigenvalue weighted by molar-refractivity contribution is 0.123. The highest BCUT2D eigenvalue weighted by Gasteiger charge is 2.08. The third kappa shape index (κ3) is 3.37. The van der Waals surface area contributed by atoms with Crippen molar-refractivity contribution in [3.63, 3.8) is 0 Å². The summed E-state index contributed by atoms with van der Waals surface area (Å²) in [7, 11) is 0. The molecule has 2 aromatic carbocycles. The molecule has 1 heterocycles. The molecular formula is C17H15FN2O3. The molecule has 118 valence electrons. The molecule has 0 radical (unpaired) electrons. The third-order valence-electron chi connectivity index (χ3n) is 3.27. The Morgan fingerprint density at radius 1 is 1.30 bits per heavy atom. The van der Waals surface area contributed by atoms with E-state index in [9.17, 15) is 14.3 Å². The highest BCUT2D eigenvalue weighted by molar-refractivity contribution is 5.79. The van der Waals surface area contributed by atoms with Crippen molar-refractivity contribution in [1.82, 2.24) is 9.97 Å². The molecule has 0 aliphatic carbocycles. The Kier molecular flexibility index (Phi) is 4.08. The first-order valence-electron chi connectivity index (χ1n) is 7.14. The van der Waals surface area contributed by atoms with Crippen molar-refractivity contribution in [3.05, 3.63) is 58.6 Å². The summed E-state index contributed by atoms with van der Waals surface area (Å²) in [5.41, 5.74) is 0.593. The fourth-order valence-corrected chi connectivity index (χ4v) is 2.20. The largest absolute Gasteiger partial charge is 0.491 e. The summed E-state index contributed by atoms with van der Waals surface area (Å²) < 4.78 is 18.8. The van der Waals surface area contributed by atoms with Crippen LogP contribution in [0.25, 0.3) is 22.3 Å². The number of nitrogens with one attached hydrogen (secondary N) is 1. The molecule has 3 aromatic rings. The SMILES string of the molecule is C[C@@H](O)COc1cccc(-c2nc3cc(F)ccc3c(=O)[nH]2)c1. The number of hydrogen-bond donors (Lipinski definition) is 2. The van der Waals surface area contributed by atoms with Crippen molar-refractivity contribution in [3.8, 4) is 17.1 Å². The molecule has 0 amide bonds. The van der Waals surface area contributed by atoms with Crippen molar-refractivity contribution in [2.24, 2.45) is 0 Å². The van der Waals surface area contributed by atoms with Crippen molar-refractivity contribution < 1.29 is 14.2 Å². The maximum absolute atomic E-state index is 13.3. The van der Waals surface area contributed by atoms with Gasteiger partial charge in [0.15, 0.2) is 0 Å². The molecule has 0 unspecified atom stereocenters. The topological polar surface area (TPSA) is 75.2 Å². The van der Waals surface area contributed by atoms with Crippen LogP contribution in [0.2, 0.25) is 0 Å². The zero-order valence-electron chi connectivity index (χ0n) is 12.4. The van der Waals surface area contributed by atoms with Crippen LogP contribution in [0.3, 0.4) is 0 Å². The van der Waals surface area contributed by atoms with Crippen LogP contribution in [0.1, 0.15) is 6.92 Å². The summed E-state index contributed by atoms with van der Waals surface area (Å²) >= 11 is 0. The van der Waals surface area contributed by atoms with Crippen LogP contribution in [0.4, 0.5) is 4.39 Å². The van der Waals surface area contributed by atoms with E-state index in [4.69, 9.17) is 4.74 Å². The van der Waals surface area contributed by atoms with Gasteiger partial charge in [0.2, 0.25) is 0 Å². The molecule has 6 heteroatoms. The summed E-state index contributed by atoms with van der Waals surface area (Å²) in [6.45, 7) is 1.79. The lowest BCUT2D eigenvalue weighted by Gasteiger charge is -2.09. The van der Waals surface area contributed by atoms with E-state index in [1.165, 1.54) is 18.2 Å². The molecular weight excluding hydrogens is 299 g/mol.